The van der Waals surface area contributed by atoms with E-state index >= 15 is 0 Å². The van der Waals surface area contributed by atoms with Gasteiger partial charge < -0.3 is 4.74 Å². The molecule has 3 aliphatic rings. The number of hydrogen-bond acceptors (Lipinski definition) is 1. The third-order valence-electron chi connectivity index (χ3n) is 7.69. The SMILES string of the molecule is CC.CC.CCC(OC(C)(C)CC(C)(C)C1CC2CC1C1C=CCC21)C(C)(C)C. The predicted octanol–water partition coefficient (Wildman–Crippen LogP) is 8.92. The molecular weight excluding hydrogens is 352 g/mol. The minimum absolute atomic E-state index is 0.0514. The maximum Gasteiger partial charge on any atom is 0.0635 e. The van der Waals surface area contributed by atoms with Gasteiger partial charge in [0.2, 0.25) is 0 Å². The lowest BCUT2D eigenvalue weighted by Gasteiger charge is -2.46. The standard InChI is InChI=1S/C24H42O.2C2H6/c1-9-21(22(2,3)4)25-24(7,8)15-23(5,6)20-14-16-13-19(20)18-12-10-11-17(16)18;2*1-2/h10,12,16-21H,9,11,13-15H2,1-8H3;2*1-2H3. The quantitative estimate of drug-likeness (QED) is 0.400. The number of fused-ring (bicyclic) bond motifs is 5. The van der Waals surface area contributed by atoms with Crippen molar-refractivity contribution in [2.24, 2.45) is 40.4 Å². The van der Waals surface area contributed by atoms with Crippen molar-refractivity contribution in [3.63, 3.8) is 0 Å². The van der Waals surface area contributed by atoms with Crippen LogP contribution in [0, 0.1) is 40.4 Å². The highest BCUT2D eigenvalue weighted by Crippen LogP contribution is 2.63. The molecule has 0 aromatic carbocycles. The molecule has 1 heteroatoms. The fourth-order valence-corrected chi connectivity index (χ4v) is 6.97. The summed E-state index contributed by atoms with van der Waals surface area (Å²) in [5.41, 5.74) is 0.523. The van der Waals surface area contributed by atoms with Crippen LogP contribution < -0.4 is 0 Å². The smallest absolute Gasteiger partial charge is 0.0635 e. The predicted molar refractivity (Wildman–Crippen MR) is 130 cm³/mol. The lowest BCUT2D eigenvalue weighted by Crippen LogP contribution is -2.43. The number of ether oxygens (including phenoxy) is 1. The molecule has 6 atom stereocenters. The normalized spacial score (nSPS) is 31.5. The van der Waals surface area contributed by atoms with E-state index in [2.05, 4.69) is 67.5 Å². The number of rotatable bonds is 6. The minimum Gasteiger partial charge on any atom is -0.372 e. The summed E-state index contributed by atoms with van der Waals surface area (Å²) in [5, 5.41) is 0. The Kier molecular flexibility index (Phi) is 9.53. The Balaban J connectivity index is 0.000000989. The Morgan fingerprint density at radius 1 is 0.897 bits per heavy atom. The van der Waals surface area contributed by atoms with Gasteiger partial charge >= 0.3 is 0 Å². The van der Waals surface area contributed by atoms with Crippen molar-refractivity contribution in [1.29, 1.82) is 0 Å². The highest BCUT2D eigenvalue weighted by Gasteiger charge is 2.56. The maximum atomic E-state index is 6.70. The first-order valence-corrected chi connectivity index (χ1v) is 12.8. The van der Waals surface area contributed by atoms with Gasteiger partial charge in [-0.25, -0.2) is 0 Å². The molecule has 2 bridgehead atoms. The molecule has 0 N–H and O–H groups in total. The highest BCUT2D eigenvalue weighted by atomic mass is 16.5. The zero-order valence-electron chi connectivity index (χ0n) is 22.1. The summed E-state index contributed by atoms with van der Waals surface area (Å²) in [7, 11) is 0. The summed E-state index contributed by atoms with van der Waals surface area (Å²) < 4.78 is 6.70. The first kappa shape index (κ1) is 26.7. The van der Waals surface area contributed by atoms with Crippen molar-refractivity contribution < 1.29 is 4.74 Å². The van der Waals surface area contributed by atoms with E-state index < -0.39 is 0 Å². The second-order valence-corrected chi connectivity index (χ2v) is 11.7. The molecule has 0 spiro atoms. The average Bonchev–Trinajstić information content (AvgIpc) is 3.34. The van der Waals surface area contributed by atoms with E-state index in [1.165, 1.54) is 25.7 Å². The molecule has 29 heavy (non-hydrogen) atoms. The van der Waals surface area contributed by atoms with Crippen molar-refractivity contribution in [2.45, 2.75) is 127 Å². The molecule has 6 unspecified atom stereocenters. The Labute approximate surface area is 184 Å². The molecule has 0 heterocycles. The van der Waals surface area contributed by atoms with E-state index in [9.17, 15) is 0 Å². The molecular formula is C28H54O. The monoisotopic (exact) mass is 406 g/mol. The van der Waals surface area contributed by atoms with Crippen LogP contribution in [0.4, 0.5) is 0 Å². The lowest BCUT2D eigenvalue weighted by atomic mass is 9.62. The summed E-state index contributed by atoms with van der Waals surface area (Å²) in [6.07, 6.45) is 11.9. The van der Waals surface area contributed by atoms with Gasteiger partial charge in [-0.1, -0.05) is 81.4 Å². The van der Waals surface area contributed by atoms with Gasteiger partial charge in [0.25, 0.3) is 0 Å². The lowest BCUT2D eigenvalue weighted by molar-refractivity contribution is -0.137. The van der Waals surface area contributed by atoms with Crippen LogP contribution in [0.3, 0.4) is 0 Å². The first-order chi connectivity index (χ1) is 13.4. The van der Waals surface area contributed by atoms with Gasteiger partial charge in [0.1, 0.15) is 0 Å². The zero-order chi connectivity index (χ0) is 22.6. The third-order valence-corrected chi connectivity index (χ3v) is 7.69. The second-order valence-electron chi connectivity index (χ2n) is 11.7. The molecule has 3 rings (SSSR count). The van der Waals surface area contributed by atoms with Gasteiger partial charge in [-0.2, -0.15) is 0 Å². The molecule has 0 aliphatic heterocycles. The van der Waals surface area contributed by atoms with Crippen molar-refractivity contribution in [1.82, 2.24) is 0 Å². The van der Waals surface area contributed by atoms with Crippen molar-refractivity contribution in [3.05, 3.63) is 12.2 Å². The molecule has 0 amide bonds. The molecule has 172 valence electrons. The van der Waals surface area contributed by atoms with E-state index in [1.54, 1.807) is 0 Å². The van der Waals surface area contributed by atoms with Crippen LogP contribution in [0.25, 0.3) is 0 Å². The Morgan fingerprint density at radius 2 is 1.48 bits per heavy atom. The van der Waals surface area contributed by atoms with E-state index in [4.69, 9.17) is 4.74 Å². The van der Waals surface area contributed by atoms with Crippen LogP contribution in [0.1, 0.15) is 115 Å². The topological polar surface area (TPSA) is 9.23 Å². The Bertz CT molecular complexity index is 507. The van der Waals surface area contributed by atoms with Gasteiger partial charge in [-0.15, -0.1) is 0 Å². The highest BCUT2D eigenvalue weighted by molar-refractivity contribution is 5.15. The Morgan fingerprint density at radius 3 is 2.00 bits per heavy atom. The molecule has 2 fully saturated rings. The fourth-order valence-electron chi connectivity index (χ4n) is 6.97. The van der Waals surface area contributed by atoms with Crippen LogP contribution >= 0.6 is 0 Å². The van der Waals surface area contributed by atoms with E-state index in [1.807, 2.05) is 27.7 Å². The van der Waals surface area contributed by atoms with Crippen LogP contribution in [-0.2, 0) is 4.74 Å². The molecule has 0 radical (unpaired) electrons. The third kappa shape index (κ3) is 6.11. The van der Waals surface area contributed by atoms with Crippen LogP contribution in [0.2, 0.25) is 0 Å². The summed E-state index contributed by atoms with van der Waals surface area (Å²) in [6.45, 7) is 26.9. The van der Waals surface area contributed by atoms with Crippen molar-refractivity contribution >= 4 is 0 Å². The summed E-state index contributed by atoms with van der Waals surface area (Å²) in [6, 6.07) is 0. The van der Waals surface area contributed by atoms with E-state index in [0.717, 1.165) is 36.0 Å². The maximum absolute atomic E-state index is 6.70. The van der Waals surface area contributed by atoms with Crippen molar-refractivity contribution in [3.8, 4) is 0 Å². The molecule has 0 aromatic heterocycles. The summed E-state index contributed by atoms with van der Waals surface area (Å²) >= 11 is 0. The summed E-state index contributed by atoms with van der Waals surface area (Å²) in [4.78, 5) is 0. The van der Waals surface area contributed by atoms with E-state index in [-0.39, 0.29) is 11.0 Å². The number of allylic oxidation sites excluding steroid dienone is 2. The zero-order valence-corrected chi connectivity index (χ0v) is 22.1. The largest absolute Gasteiger partial charge is 0.372 e. The molecule has 3 aliphatic carbocycles. The fraction of sp³-hybridized carbons (Fsp3) is 0.929. The molecule has 0 aromatic rings. The number of hydrogen-bond donors (Lipinski definition) is 0. The van der Waals surface area contributed by atoms with Crippen molar-refractivity contribution in [2.75, 3.05) is 0 Å². The minimum atomic E-state index is -0.0514. The van der Waals surface area contributed by atoms with Crippen LogP contribution in [0.15, 0.2) is 12.2 Å². The van der Waals surface area contributed by atoms with Gasteiger partial charge in [0.15, 0.2) is 0 Å². The average molecular weight is 407 g/mol. The van der Waals surface area contributed by atoms with Gasteiger partial charge in [-0.05, 0) is 86.4 Å². The second kappa shape index (κ2) is 10.3. The summed E-state index contributed by atoms with van der Waals surface area (Å²) in [5.74, 6) is 4.69. The first-order valence-electron chi connectivity index (χ1n) is 12.8. The Hall–Kier alpha value is -0.300. The molecule has 0 saturated heterocycles. The van der Waals surface area contributed by atoms with Crippen LogP contribution in [0.5, 0.6) is 0 Å². The molecule has 2 saturated carbocycles. The van der Waals surface area contributed by atoms with Crippen LogP contribution in [-0.4, -0.2) is 11.7 Å². The molecule has 1 nitrogen and oxygen atoms in total. The van der Waals surface area contributed by atoms with Gasteiger partial charge in [-0.3, -0.25) is 0 Å². The van der Waals surface area contributed by atoms with Gasteiger partial charge in [0.05, 0.1) is 11.7 Å². The van der Waals surface area contributed by atoms with E-state index in [0.29, 0.717) is 11.5 Å². The van der Waals surface area contributed by atoms with Gasteiger partial charge in [0, 0.05) is 0 Å².